The zero-order chi connectivity index (χ0) is 15.2. The molecule has 1 aromatic heterocycles. The summed E-state index contributed by atoms with van der Waals surface area (Å²) in [5, 5.41) is 4.82. The molecule has 0 saturated carbocycles. The second kappa shape index (κ2) is 8.14. The number of thiazole rings is 1. The highest BCUT2D eigenvalue weighted by atomic mass is 32.1. The maximum atomic E-state index is 4.92. The highest BCUT2D eigenvalue weighted by Gasteiger charge is 2.22. The third-order valence-electron chi connectivity index (χ3n) is 4.31. The minimum absolute atomic E-state index is 0.704. The normalized spacial score (nSPS) is 19.5. The summed E-state index contributed by atoms with van der Waals surface area (Å²) in [6.07, 6.45) is 5.05. The Morgan fingerprint density at radius 1 is 1.38 bits per heavy atom. The van der Waals surface area contributed by atoms with Crippen LogP contribution in [-0.4, -0.2) is 24.6 Å². The summed E-state index contributed by atoms with van der Waals surface area (Å²) < 4.78 is 0. The lowest BCUT2D eigenvalue weighted by Gasteiger charge is -2.31. The van der Waals surface area contributed by atoms with Gasteiger partial charge in [-0.15, -0.1) is 11.3 Å². The van der Waals surface area contributed by atoms with E-state index in [-0.39, 0.29) is 0 Å². The number of nitrogens with one attached hydrogen (secondary N) is 1. The smallest absolute Gasteiger partial charge is 0.185 e. The van der Waals surface area contributed by atoms with E-state index < -0.39 is 0 Å². The minimum Gasteiger partial charge on any atom is -0.348 e. The van der Waals surface area contributed by atoms with Crippen LogP contribution in [0, 0.1) is 11.8 Å². The molecule has 0 amide bonds. The fraction of sp³-hybridized carbons (Fsp3) is 0.824. The molecule has 0 aromatic carbocycles. The third-order valence-corrected chi connectivity index (χ3v) is 5.47. The first-order valence-corrected chi connectivity index (χ1v) is 9.39. The van der Waals surface area contributed by atoms with Crippen LogP contribution in [0.25, 0.3) is 0 Å². The molecule has 1 aromatic rings. The number of anilines is 1. The van der Waals surface area contributed by atoms with Crippen molar-refractivity contribution in [3.8, 4) is 0 Å². The molecule has 2 heterocycles. The molecular formula is C17H31N3S. The first-order valence-electron chi connectivity index (χ1n) is 8.58. The Labute approximate surface area is 134 Å². The maximum absolute atomic E-state index is 4.92. The number of aromatic nitrogens is 1. The van der Waals surface area contributed by atoms with Gasteiger partial charge in [0.2, 0.25) is 0 Å². The number of hydrogen-bond donors (Lipinski definition) is 1. The van der Waals surface area contributed by atoms with Crippen LogP contribution in [0.5, 0.6) is 0 Å². The average molecular weight is 310 g/mol. The monoisotopic (exact) mass is 309 g/mol. The molecule has 0 radical (unpaired) electrons. The van der Waals surface area contributed by atoms with Crippen LogP contribution in [0.1, 0.15) is 57.5 Å². The van der Waals surface area contributed by atoms with E-state index in [0.717, 1.165) is 25.4 Å². The van der Waals surface area contributed by atoms with Crippen molar-refractivity contribution in [1.29, 1.82) is 0 Å². The minimum atomic E-state index is 0.704. The molecule has 1 unspecified atom stereocenters. The lowest BCUT2D eigenvalue weighted by Crippen LogP contribution is -2.35. The lowest BCUT2D eigenvalue weighted by atomic mass is 9.96. The number of hydrogen-bond acceptors (Lipinski definition) is 4. The van der Waals surface area contributed by atoms with Crippen molar-refractivity contribution in [2.45, 2.75) is 59.9 Å². The van der Waals surface area contributed by atoms with Gasteiger partial charge < -0.3 is 10.2 Å². The Kier molecular flexibility index (Phi) is 6.49. The second-order valence-electron chi connectivity index (χ2n) is 6.61. The van der Waals surface area contributed by atoms with Gasteiger partial charge in [0.25, 0.3) is 0 Å². The fourth-order valence-corrected chi connectivity index (χ4v) is 4.12. The third kappa shape index (κ3) is 4.68. The second-order valence-corrected chi connectivity index (χ2v) is 7.67. The molecular weight excluding hydrogens is 278 g/mol. The van der Waals surface area contributed by atoms with Crippen molar-refractivity contribution in [3.63, 3.8) is 0 Å². The van der Waals surface area contributed by atoms with Crippen molar-refractivity contribution >= 4 is 16.5 Å². The van der Waals surface area contributed by atoms with Crippen molar-refractivity contribution in [3.05, 3.63) is 10.6 Å². The van der Waals surface area contributed by atoms with Crippen LogP contribution in [0.15, 0.2) is 0 Å². The van der Waals surface area contributed by atoms with Gasteiger partial charge in [-0.05, 0) is 37.6 Å². The molecule has 2 rings (SSSR count). The van der Waals surface area contributed by atoms with Crippen LogP contribution in [0.4, 0.5) is 5.13 Å². The van der Waals surface area contributed by atoms with Gasteiger partial charge in [-0.25, -0.2) is 4.98 Å². The first-order chi connectivity index (χ1) is 10.1. The molecule has 1 saturated heterocycles. The predicted molar refractivity (Wildman–Crippen MR) is 93.3 cm³/mol. The molecule has 1 fully saturated rings. The molecule has 120 valence electrons. The molecule has 1 aliphatic rings. The number of piperidine rings is 1. The van der Waals surface area contributed by atoms with Gasteiger partial charge in [0.1, 0.15) is 0 Å². The Hall–Kier alpha value is -0.610. The van der Waals surface area contributed by atoms with Crippen LogP contribution in [-0.2, 0) is 13.0 Å². The van der Waals surface area contributed by atoms with Crippen LogP contribution in [0.3, 0.4) is 0 Å². The highest BCUT2D eigenvalue weighted by molar-refractivity contribution is 7.15. The van der Waals surface area contributed by atoms with E-state index in [1.165, 1.54) is 48.1 Å². The van der Waals surface area contributed by atoms with Gasteiger partial charge in [-0.1, -0.05) is 34.1 Å². The summed E-state index contributed by atoms with van der Waals surface area (Å²) in [4.78, 5) is 8.88. The molecule has 1 N–H and O–H groups in total. The topological polar surface area (TPSA) is 28.2 Å². The van der Waals surface area contributed by atoms with Gasteiger partial charge in [-0.2, -0.15) is 0 Å². The summed E-state index contributed by atoms with van der Waals surface area (Å²) in [6.45, 7) is 13.5. The quantitative estimate of drug-likeness (QED) is 0.822. The maximum Gasteiger partial charge on any atom is 0.185 e. The van der Waals surface area contributed by atoms with Crippen LogP contribution >= 0.6 is 11.3 Å². The van der Waals surface area contributed by atoms with E-state index in [0.29, 0.717) is 5.92 Å². The van der Waals surface area contributed by atoms with Gasteiger partial charge in [0.15, 0.2) is 5.13 Å². The average Bonchev–Trinajstić information content (AvgIpc) is 2.90. The van der Waals surface area contributed by atoms with Crippen molar-refractivity contribution in [1.82, 2.24) is 10.3 Å². The molecule has 21 heavy (non-hydrogen) atoms. The lowest BCUT2D eigenvalue weighted by molar-refractivity contribution is 0.404. The Balaban J connectivity index is 2.01. The summed E-state index contributed by atoms with van der Waals surface area (Å²) in [7, 11) is 0. The number of aryl methyl sites for hydroxylation is 1. The summed E-state index contributed by atoms with van der Waals surface area (Å²) >= 11 is 1.91. The Bertz CT molecular complexity index is 428. The summed E-state index contributed by atoms with van der Waals surface area (Å²) in [5.74, 6) is 1.56. The number of nitrogens with zero attached hydrogens (tertiary/aromatic N) is 2. The summed E-state index contributed by atoms with van der Waals surface area (Å²) in [5.41, 5.74) is 1.30. The molecule has 3 nitrogen and oxygen atoms in total. The van der Waals surface area contributed by atoms with Gasteiger partial charge in [0, 0.05) is 24.5 Å². The standard InChI is InChI=1S/C17H31N3S/c1-5-14-8-7-9-20(12-14)17-19-15(6-2)16(21-17)11-18-10-13(3)4/h13-14,18H,5-12H2,1-4H3. The molecule has 4 heteroatoms. The zero-order valence-corrected chi connectivity index (χ0v) is 14.9. The molecule has 1 atom stereocenters. The fourth-order valence-electron chi connectivity index (χ4n) is 2.97. The SMILES string of the molecule is CCc1nc(N2CCCC(CC)C2)sc1CNCC(C)C. The predicted octanol–water partition coefficient (Wildman–Crippen LogP) is 4.08. The molecule has 0 bridgehead atoms. The largest absolute Gasteiger partial charge is 0.348 e. The van der Waals surface area contributed by atoms with Crippen LogP contribution in [0.2, 0.25) is 0 Å². The van der Waals surface area contributed by atoms with Gasteiger partial charge >= 0.3 is 0 Å². The highest BCUT2D eigenvalue weighted by Crippen LogP contribution is 2.31. The first kappa shape index (κ1) is 16.8. The van der Waals surface area contributed by atoms with Gasteiger partial charge in [-0.3, -0.25) is 0 Å². The van der Waals surface area contributed by atoms with Crippen molar-refractivity contribution in [2.75, 3.05) is 24.5 Å². The van der Waals surface area contributed by atoms with E-state index in [2.05, 4.69) is 37.9 Å². The zero-order valence-electron chi connectivity index (χ0n) is 14.1. The van der Waals surface area contributed by atoms with Crippen LogP contribution < -0.4 is 10.2 Å². The number of rotatable bonds is 7. The molecule has 1 aliphatic heterocycles. The summed E-state index contributed by atoms with van der Waals surface area (Å²) in [6, 6.07) is 0. The molecule has 0 spiro atoms. The van der Waals surface area contributed by atoms with E-state index in [1.54, 1.807) is 0 Å². The molecule has 0 aliphatic carbocycles. The Morgan fingerprint density at radius 3 is 2.86 bits per heavy atom. The van der Waals surface area contributed by atoms with Crippen molar-refractivity contribution < 1.29 is 0 Å². The van der Waals surface area contributed by atoms with E-state index in [1.807, 2.05) is 11.3 Å². The Morgan fingerprint density at radius 2 is 2.19 bits per heavy atom. The van der Waals surface area contributed by atoms with E-state index in [9.17, 15) is 0 Å². The van der Waals surface area contributed by atoms with E-state index >= 15 is 0 Å². The van der Waals surface area contributed by atoms with Crippen molar-refractivity contribution in [2.24, 2.45) is 11.8 Å². The van der Waals surface area contributed by atoms with E-state index in [4.69, 9.17) is 4.98 Å². The van der Waals surface area contributed by atoms with Gasteiger partial charge in [0.05, 0.1) is 5.69 Å².